The van der Waals surface area contributed by atoms with Crippen LogP contribution in [-0.2, 0) is 0 Å². The van der Waals surface area contributed by atoms with Crippen LogP contribution in [-0.4, -0.2) is 4.98 Å². The van der Waals surface area contributed by atoms with Crippen LogP contribution in [0.25, 0.3) is 0 Å². The Labute approximate surface area is 135 Å². The molecule has 3 rings (SSSR count). The maximum atomic E-state index is 6.05. The number of thiophene rings is 2. The van der Waals surface area contributed by atoms with E-state index in [1.165, 1.54) is 9.75 Å². The average molecular weight is 341 g/mol. The third-order valence-corrected chi connectivity index (χ3v) is 5.20. The Kier molecular flexibility index (Phi) is 4.27. The summed E-state index contributed by atoms with van der Waals surface area (Å²) in [6, 6.07) is 11.9. The van der Waals surface area contributed by atoms with Crippen molar-refractivity contribution in [1.82, 2.24) is 4.98 Å². The molecule has 1 unspecified atom stereocenters. The molecule has 3 aromatic rings. The van der Waals surface area contributed by atoms with E-state index in [0.29, 0.717) is 5.15 Å². The van der Waals surface area contributed by atoms with Crippen molar-refractivity contribution in [1.29, 1.82) is 0 Å². The number of nitrogens with one attached hydrogen (secondary N) is 1. The van der Waals surface area contributed by atoms with Gasteiger partial charge in [0, 0.05) is 9.75 Å². The lowest BCUT2D eigenvalue weighted by molar-refractivity contribution is 0.989. The molecule has 0 saturated carbocycles. The van der Waals surface area contributed by atoms with Crippen LogP contribution < -0.4 is 5.32 Å². The number of hydrogen-bond donors (Lipinski definition) is 1. The van der Waals surface area contributed by atoms with Gasteiger partial charge in [-0.1, -0.05) is 29.3 Å². The highest BCUT2D eigenvalue weighted by molar-refractivity contribution is 7.16. The van der Waals surface area contributed by atoms with E-state index in [2.05, 4.69) is 21.7 Å². The molecule has 0 spiro atoms. The number of hydrogen-bond acceptors (Lipinski definition) is 4. The molecule has 0 amide bonds. The summed E-state index contributed by atoms with van der Waals surface area (Å²) in [6.07, 6.45) is 1.73. The summed E-state index contributed by atoms with van der Waals surface area (Å²) in [6.45, 7) is 0. The summed E-state index contributed by atoms with van der Waals surface area (Å²) in [4.78, 5) is 6.50. The van der Waals surface area contributed by atoms with Crippen LogP contribution in [0.1, 0.15) is 15.8 Å². The van der Waals surface area contributed by atoms with E-state index in [-0.39, 0.29) is 6.04 Å². The first-order valence-electron chi connectivity index (χ1n) is 5.89. The molecule has 0 aliphatic rings. The molecule has 3 aromatic heterocycles. The van der Waals surface area contributed by atoms with Crippen molar-refractivity contribution in [3.05, 3.63) is 67.2 Å². The quantitative estimate of drug-likeness (QED) is 0.615. The summed E-state index contributed by atoms with van der Waals surface area (Å²) < 4.78 is 0.789. The Morgan fingerprint density at radius 3 is 2.55 bits per heavy atom. The molecule has 0 aromatic carbocycles. The van der Waals surface area contributed by atoms with Crippen molar-refractivity contribution in [2.45, 2.75) is 6.04 Å². The van der Waals surface area contributed by atoms with Gasteiger partial charge in [0.2, 0.25) is 0 Å². The number of pyridine rings is 1. The van der Waals surface area contributed by atoms with Crippen molar-refractivity contribution < 1.29 is 0 Å². The molecule has 0 aliphatic heterocycles. The van der Waals surface area contributed by atoms with Gasteiger partial charge >= 0.3 is 0 Å². The fraction of sp³-hybridized carbons (Fsp3) is 0.0714. The zero-order valence-electron chi connectivity index (χ0n) is 10.2. The summed E-state index contributed by atoms with van der Waals surface area (Å²) in [5.41, 5.74) is 0.928. The van der Waals surface area contributed by atoms with E-state index in [4.69, 9.17) is 23.2 Å². The molecule has 6 heteroatoms. The Hall–Kier alpha value is -1.07. The predicted molar refractivity (Wildman–Crippen MR) is 88.4 cm³/mol. The third kappa shape index (κ3) is 3.15. The minimum Gasteiger partial charge on any atom is -0.371 e. The lowest BCUT2D eigenvalue weighted by Gasteiger charge is -2.17. The fourth-order valence-corrected chi connectivity index (χ4v) is 3.96. The van der Waals surface area contributed by atoms with Gasteiger partial charge in [0.25, 0.3) is 0 Å². The zero-order chi connectivity index (χ0) is 13.9. The van der Waals surface area contributed by atoms with E-state index in [1.807, 2.05) is 24.3 Å². The van der Waals surface area contributed by atoms with Crippen LogP contribution in [0.5, 0.6) is 0 Å². The summed E-state index contributed by atoms with van der Waals surface area (Å²) in [7, 11) is 0. The molecular weight excluding hydrogens is 331 g/mol. The van der Waals surface area contributed by atoms with Crippen molar-refractivity contribution in [3.63, 3.8) is 0 Å². The average Bonchev–Trinajstić information content (AvgIpc) is 3.09. The van der Waals surface area contributed by atoms with Gasteiger partial charge in [-0.2, -0.15) is 0 Å². The molecule has 0 bridgehead atoms. The highest BCUT2D eigenvalue weighted by Gasteiger charge is 2.17. The molecule has 2 nitrogen and oxygen atoms in total. The van der Waals surface area contributed by atoms with Gasteiger partial charge in [0.15, 0.2) is 0 Å². The number of nitrogens with zero attached hydrogens (tertiary/aromatic N) is 1. The minimum atomic E-state index is 0.0791. The van der Waals surface area contributed by atoms with Crippen LogP contribution in [0, 0.1) is 0 Å². The number of aromatic nitrogens is 1. The van der Waals surface area contributed by atoms with E-state index in [1.54, 1.807) is 34.9 Å². The highest BCUT2D eigenvalue weighted by Crippen LogP contribution is 2.35. The van der Waals surface area contributed by atoms with E-state index in [9.17, 15) is 0 Å². The first kappa shape index (κ1) is 13.9. The largest absolute Gasteiger partial charge is 0.371 e. The lowest BCUT2D eigenvalue weighted by Crippen LogP contribution is -2.09. The van der Waals surface area contributed by atoms with E-state index >= 15 is 0 Å². The second-order valence-electron chi connectivity index (χ2n) is 4.10. The summed E-state index contributed by atoms with van der Waals surface area (Å²) in [5, 5.41) is 6.04. The first-order valence-corrected chi connectivity index (χ1v) is 8.34. The summed E-state index contributed by atoms with van der Waals surface area (Å²) in [5.74, 6) is 0. The molecule has 0 radical (unpaired) electrons. The lowest BCUT2D eigenvalue weighted by atomic mass is 10.2. The number of rotatable bonds is 4. The van der Waals surface area contributed by atoms with Crippen LogP contribution in [0.15, 0.2) is 48.0 Å². The maximum Gasteiger partial charge on any atom is 0.129 e. The standard InChI is InChI=1S/C14H10Cl2N2S2/c15-12-5-3-9(8-17-12)18-14(10-2-1-7-19-10)11-4-6-13(16)20-11/h1-8,14,18H. The van der Waals surface area contributed by atoms with Crippen LogP contribution in [0.3, 0.4) is 0 Å². The van der Waals surface area contributed by atoms with Gasteiger partial charge in [-0.05, 0) is 35.7 Å². The van der Waals surface area contributed by atoms with Gasteiger partial charge in [0.1, 0.15) is 5.15 Å². The smallest absolute Gasteiger partial charge is 0.129 e. The Morgan fingerprint density at radius 1 is 1.05 bits per heavy atom. The molecule has 1 atom stereocenters. The van der Waals surface area contributed by atoms with Crippen LogP contribution in [0.4, 0.5) is 5.69 Å². The van der Waals surface area contributed by atoms with Crippen molar-refractivity contribution >= 4 is 51.6 Å². The topological polar surface area (TPSA) is 24.9 Å². The molecule has 0 fully saturated rings. The van der Waals surface area contributed by atoms with Crippen molar-refractivity contribution in [3.8, 4) is 0 Å². The van der Waals surface area contributed by atoms with Crippen molar-refractivity contribution in [2.24, 2.45) is 0 Å². The summed E-state index contributed by atoms with van der Waals surface area (Å²) >= 11 is 15.2. The van der Waals surface area contributed by atoms with Crippen LogP contribution >= 0.6 is 45.9 Å². The Balaban J connectivity index is 1.92. The second kappa shape index (κ2) is 6.14. The molecule has 102 valence electrons. The molecule has 1 N–H and O–H groups in total. The zero-order valence-corrected chi connectivity index (χ0v) is 13.4. The Morgan fingerprint density at radius 2 is 1.95 bits per heavy atom. The van der Waals surface area contributed by atoms with Crippen LogP contribution in [0.2, 0.25) is 9.49 Å². The Bertz CT molecular complexity index is 678. The normalized spacial score (nSPS) is 12.3. The van der Waals surface area contributed by atoms with Gasteiger partial charge in [-0.25, -0.2) is 4.98 Å². The van der Waals surface area contributed by atoms with Gasteiger partial charge in [0.05, 0.1) is 22.3 Å². The SMILES string of the molecule is Clc1ccc(NC(c2cccs2)c2ccc(Cl)s2)cn1. The first-order chi connectivity index (χ1) is 9.72. The molecule has 3 heterocycles. The van der Waals surface area contributed by atoms with E-state index < -0.39 is 0 Å². The highest BCUT2D eigenvalue weighted by atomic mass is 35.5. The van der Waals surface area contributed by atoms with E-state index in [0.717, 1.165) is 10.0 Å². The molecular formula is C14H10Cl2N2S2. The van der Waals surface area contributed by atoms with Crippen molar-refractivity contribution in [2.75, 3.05) is 5.32 Å². The third-order valence-electron chi connectivity index (χ3n) is 2.74. The molecule has 20 heavy (non-hydrogen) atoms. The predicted octanol–water partition coefficient (Wildman–Crippen LogP) is 5.71. The number of halogens is 2. The maximum absolute atomic E-state index is 6.05. The van der Waals surface area contributed by atoms with Gasteiger partial charge in [-0.15, -0.1) is 22.7 Å². The second-order valence-corrected chi connectivity index (χ2v) is 7.22. The van der Waals surface area contributed by atoms with Gasteiger partial charge in [-0.3, -0.25) is 0 Å². The monoisotopic (exact) mass is 340 g/mol. The molecule has 0 saturated heterocycles. The fourth-order valence-electron chi connectivity index (χ4n) is 1.85. The molecule has 0 aliphatic carbocycles. The minimum absolute atomic E-state index is 0.0791. The van der Waals surface area contributed by atoms with Gasteiger partial charge < -0.3 is 5.32 Å². The number of anilines is 1.